The van der Waals surface area contributed by atoms with E-state index in [1.807, 2.05) is 13.8 Å². The van der Waals surface area contributed by atoms with Crippen molar-refractivity contribution in [3.8, 4) is 0 Å². The molecule has 4 saturated carbocycles. The Kier molecular flexibility index (Phi) is 9.30. The number of carbonyl (C=O) groups is 2. The van der Waals surface area contributed by atoms with Crippen molar-refractivity contribution < 1.29 is 29.3 Å². The van der Waals surface area contributed by atoms with Crippen molar-refractivity contribution in [2.45, 2.75) is 169 Å². The SMILES string of the molecule is Cc1cc(CC2=C3N=CC4=C3N(C2)CC2C3=C(C(=O)C5CCCC6(CCC7C(C)(C)C(=O)CCC7(C)C6C2O)C35C)C(C)(CC(O)C2OC2(C)C)CC4)cc(C2CCOCC2)c1. The van der Waals surface area contributed by atoms with E-state index in [0.717, 1.165) is 95.2 Å². The summed E-state index contributed by atoms with van der Waals surface area (Å²) < 4.78 is 11.8. The molecule has 1 aromatic carbocycles. The normalized spacial score (nSPS) is 42.2. The molecule has 1 spiro atoms. The fraction of sp³-hybridized carbons (Fsp3) is 0.722. The summed E-state index contributed by atoms with van der Waals surface area (Å²) in [4.78, 5) is 37.3. The summed E-state index contributed by atoms with van der Waals surface area (Å²) in [6, 6.07) is 7.15. The first-order valence-electron chi connectivity index (χ1n) is 24.6. The number of rotatable bonds is 6. The minimum absolute atomic E-state index is 0.0334. The second-order valence-electron chi connectivity index (χ2n) is 24.0. The number of aliphatic hydroxyl groups excluding tert-OH is 2. The van der Waals surface area contributed by atoms with Gasteiger partial charge in [0, 0.05) is 67.2 Å². The Morgan fingerprint density at radius 1 is 0.935 bits per heavy atom. The molecule has 0 radical (unpaired) electrons. The predicted molar refractivity (Wildman–Crippen MR) is 240 cm³/mol. The van der Waals surface area contributed by atoms with Gasteiger partial charge in [-0.05, 0) is 153 Å². The van der Waals surface area contributed by atoms with Gasteiger partial charge in [-0.2, -0.15) is 0 Å². The Balaban J connectivity index is 1.05. The molecule has 2 saturated heterocycles. The molecule has 5 aliphatic heterocycles. The Labute approximate surface area is 370 Å². The Morgan fingerprint density at radius 3 is 2.44 bits per heavy atom. The molecule has 6 fully saturated rings. The quantitative estimate of drug-likeness (QED) is 0.275. The lowest BCUT2D eigenvalue weighted by molar-refractivity contribution is -0.243. The highest BCUT2D eigenvalue weighted by molar-refractivity contribution is 6.04. The minimum atomic E-state index is -0.709. The summed E-state index contributed by atoms with van der Waals surface area (Å²) in [5.41, 5.74) is 8.68. The molecule has 334 valence electrons. The molecule has 11 atom stereocenters. The molecule has 8 nitrogen and oxygen atoms in total. The number of nitrogens with zero attached hydrogens (tertiary/aromatic N) is 2. The summed E-state index contributed by atoms with van der Waals surface area (Å²) in [5, 5.41) is 25.8. The van der Waals surface area contributed by atoms with Gasteiger partial charge in [0.25, 0.3) is 0 Å². The first kappa shape index (κ1) is 41.8. The van der Waals surface area contributed by atoms with Crippen molar-refractivity contribution in [2.75, 3.05) is 26.3 Å². The number of hydrogen-bond acceptors (Lipinski definition) is 8. The van der Waals surface area contributed by atoms with Crippen LogP contribution in [0.1, 0.15) is 148 Å². The second-order valence-corrected chi connectivity index (χ2v) is 24.0. The van der Waals surface area contributed by atoms with Gasteiger partial charge in [0.1, 0.15) is 11.9 Å². The van der Waals surface area contributed by atoms with Gasteiger partial charge in [-0.15, -0.1) is 0 Å². The molecular weight excluding hydrogens is 773 g/mol. The van der Waals surface area contributed by atoms with Crippen LogP contribution >= 0.6 is 0 Å². The molecule has 11 rings (SSSR count). The number of carbonyl (C=O) groups excluding carboxylic acids is 2. The Morgan fingerprint density at radius 2 is 1.69 bits per heavy atom. The third-order valence-corrected chi connectivity index (χ3v) is 20.0. The number of benzene rings is 1. The first-order chi connectivity index (χ1) is 29.3. The molecule has 0 bridgehead atoms. The van der Waals surface area contributed by atoms with Gasteiger partial charge in [0.15, 0.2) is 5.78 Å². The van der Waals surface area contributed by atoms with Crippen LogP contribution in [0.15, 0.2) is 56.9 Å². The average Bonchev–Trinajstić information content (AvgIpc) is 3.45. The molecule has 0 aromatic heterocycles. The lowest BCUT2D eigenvalue weighted by atomic mass is 9.31. The topological polar surface area (TPSA) is 112 Å². The van der Waals surface area contributed by atoms with Crippen molar-refractivity contribution in [1.82, 2.24) is 4.90 Å². The number of aliphatic hydroxyl groups is 2. The van der Waals surface area contributed by atoms with E-state index in [2.05, 4.69) is 70.9 Å². The van der Waals surface area contributed by atoms with Gasteiger partial charge in [0.05, 0.1) is 29.2 Å². The van der Waals surface area contributed by atoms with E-state index in [1.54, 1.807) is 0 Å². The lowest BCUT2D eigenvalue weighted by Crippen LogP contribution is -2.70. The highest BCUT2D eigenvalue weighted by atomic mass is 16.6. The maximum atomic E-state index is 15.8. The smallest absolute Gasteiger partial charge is 0.163 e. The molecule has 10 aliphatic rings. The number of fused-ring (bicyclic) bond motifs is 2. The number of aliphatic imine (C=N–C) groups is 1. The van der Waals surface area contributed by atoms with Crippen LogP contribution in [0, 0.1) is 57.7 Å². The van der Waals surface area contributed by atoms with Gasteiger partial charge in [-0.3, -0.25) is 14.6 Å². The van der Waals surface area contributed by atoms with E-state index >= 15 is 4.79 Å². The van der Waals surface area contributed by atoms with E-state index in [4.69, 9.17) is 14.5 Å². The standard InChI is InChI=1S/C54H72N2O6/c1-30-22-31(24-34(23-30)32-14-20-61-21-15-32)25-35-28-56-29-36-41-42(51(6,26-38(57)48-50(4,5)62-48)17-11-33-27-55-43(35)44(33)56)46(60)37-10-9-16-54(53(37,41)8)19-12-39-49(2,3)40(58)13-18-52(39,7)47(54)45(36)59/h22-24,27,32,36-39,45,47-48,57,59H,9-21,25-26,28-29H2,1-8H3. The number of epoxide rings is 1. The van der Waals surface area contributed by atoms with Gasteiger partial charge >= 0.3 is 0 Å². The van der Waals surface area contributed by atoms with Crippen molar-refractivity contribution >= 4 is 17.8 Å². The van der Waals surface area contributed by atoms with Gasteiger partial charge in [-0.25, -0.2) is 0 Å². The summed E-state index contributed by atoms with van der Waals surface area (Å²) in [6.45, 7) is 20.9. The van der Waals surface area contributed by atoms with E-state index in [-0.39, 0.29) is 52.0 Å². The lowest BCUT2D eigenvalue weighted by Gasteiger charge is -2.73. The number of ketones is 2. The highest BCUT2D eigenvalue weighted by Gasteiger charge is 2.77. The number of Topliss-reactive ketones (excluding diaryl/α,β-unsaturated/α-hetero) is 2. The van der Waals surface area contributed by atoms with E-state index in [0.29, 0.717) is 37.5 Å². The zero-order valence-electron chi connectivity index (χ0n) is 38.9. The fourth-order valence-electron chi connectivity index (χ4n) is 17.2. The van der Waals surface area contributed by atoms with Crippen molar-refractivity contribution in [1.29, 1.82) is 0 Å². The molecule has 2 N–H and O–H groups in total. The van der Waals surface area contributed by atoms with Crippen LogP contribution in [0.25, 0.3) is 0 Å². The van der Waals surface area contributed by atoms with Crippen LogP contribution in [0.2, 0.25) is 0 Å². The zero-order valence-corrected chi connectivity index (χ0v) is 38.9. The maximum Gasteiger partial charge on any atom is 0.163 e. The van der Waals surface area contributed by atoms with E-state index < -0.39 is 28.5 Å². The summed E-state index contributed by atoms with van der Waals surface area (Å²) in [7, 11) is 0. The number of ether oxygens (including phenoxy) is 2. The molecule has 0 amide bonds. The number of hydrogen-bond donors (Lipinski definition) is 2. The van der Waals surface area contributed by atoms with Crippen LogP contribution in [-0.4, -0.2) is 83.1 Å². The molecule has 1 aromatic rings. The van der Waals surface area contributed by atoms with Crippen molar-refractivity contribution in [3.05, 3.63) is 68.6 Å². The first-order valence-corrected chi connectivity index (χ1v) is 24.6. The Hall–Kier alpha value is -2.91. The van der Waals surface area contributed by atoms with Crippen LogP contribution in [0.3, 0.4) is 0 Å². The minimum Gasteiger partial charge on any atom is -0.392 e. The largest absolute Gasteiger partial charge is 0.392 e. The van der Waals surface area contributed by atoms with Crippen LogP contribution in [0.5, 0.6) is 0 Å². The third kappa shape index (κ3) is 5.66. The van der Waals surface area contributed by atoms with E-state index in [1.165, 1.54) is 39.1 Å². The van der Waals surface area contributed by atoms with Gasteiger partial charge < -0.3 is 24.6 Å². The summed E-state index contributed by atoms with van der Waals surface area (Å²) >= 11 is 0. The maximum absolute atomic E-state index is 15.8. The molecule has 5 heterocycles. The Bertz CT molecular complexity index is 2260. The molecule has 62 heavy (non-hydrogen) atoms. The average molecular weight is 845 g/mol. The molecule has 5 aliphatic carbocycles. The van der Waals surface area contributed by atoms with E-state index in [9.17, 15) is 15.0 Å². The van der Waals surface area contributed by atoms with Crippen molar-refractivity contribution in [2.24, 2.45) is 55.7 Å². The van der Waals surface area contributed by atoms with Crippen molar-refractivity contribution in [3.63, 3.8) is 0 Å². The number of aryl methyl sites for hydroxylation is 1. The van der Waals surface area contributed by atoms with Crippen LogP contribution < -0.4 is 0 Å². The molecule has 8 heteroatoms. The van der Waals surface area contributed by atoms with Gasteiger partial charge in [-0.1, -0.05) is 64.8 Å². The third-order valence-electron chi connectivity index (χ3n) is 20.0. The van der Waals surface area contributed by atoms with Gasteiger partial charge in [0.2, 0.25) is 0 Å². The van der Waals surface area contributed by atoms with Crippen LogP contribution in [0.4, 0.5) is 0 Å². The summed E-state index contributed by atoms with van der Waals surface area (Å²) in [6.07, 6.45) is 11.4. The van der Waals surface area contributed by atoms with Crippen LogP contribution in [-0.2, 0) is 25.5 Å². The molecular formula is C54H72N2O6. The summed E-state index contributed by atoms with van der Waals surface area (Å²) in [5.74, 6) is 0.905. The number of allylic oxidation sites excluding steroid dienone is 2. The second kappa shape index (κ2) is 13.8. The molecule has 11 unspecified atom stereocenters. The fourth-order valence-corrected chi connectivity index (χ4v) is 17.2. The predicted octanol–water partition coefficient (Wildman–Crippen LogP) is 9.15. The zero-order chi connectivity index (χ0) is 43.5. The highest BCUT2D eigenvalue weighted by Crippen LogP contribution is 2.79. The monoisotopic (exact) mass is 845 g/mol.